The lowest BCUT2D eigenvalue weighted by Gasteiger charge is -2.51. The van der Waals surface area contributed by atoms with Crippen molar-refractivity contribution >= 4 is 8.40 Å². The van der Waals surface area contributed by atoms with Gasteiger partial charge in [-0.3, -0.25) is 11.7 Å². The van der Waals surface area contributed by atoms with E-state index in [2.05, 4.69) is 54.7 Å². The number of rotatable bonds is 4. The molecule has 0 rings (SSSR count). The average Bonchev–Trinajstić information content (AvgIpc) is 2.17. The molecule has 100 valence electrons. The molecule has 0 saturated carbocycles. The van der Waals surface area contributed by atoms with Crippen molar-refractivity contribution in [1.82, 2.24) is 9.35 Å². The van der Waals surface area contributed by atoms with Gasteiger partial charge in [0.05, 0.1) is 0 Å². The Morgan fingerprint density at radius 3 is 1.18 bits per heavy atom. The first-order valence-corrected chi connectivity index (χ1v) is 7.85. The maximum atomic E-state index is 6.28. The molecular formula is C12H28N4Si. The van der Waals surface area contributed by atoms with Gasteiger partial charge in [-0.25, -0.2) is 9.35 Å². The number of hydrogen-bond donors (Lipinski definition) is 2. The van der Waals surface area contributed by atoms with Gasteiger partial charge in [-0.05, 0) is 41.5 Å². The largest absolute Gasteiger partial charge is 0.284 e. The first-order valence-electron chi connectivity index (χ1n) is 5.80. The van der Waals surface area contributed by atoms with Crippen LogP contribution in [-0.4, -0.2) is 28.8 Å². The molecule has 0 spiro atoms. The first kappa shape index (κ1) is 16.5. The molecule has 4 N–H and O–H groups in total. The Labute approximate surface area is 107 Å². The predicted molar refractivity (Wildman–Crippen MR) is 77.7 cm³/mol. The fourth-order valence-electron chi connectivity index (χ4n) is 1.67. The maximum Gasteiger partial charge on any atom is 0.284 e. The lowest BCUT2D eigenvalue weighted by atomic mass is 10.1. The van der Waals surface area contributed by atoms with Crippen molar-refractivity contribution in [2.45, 2.75) is 52.6 Å². The minimum Gasteiger partial charge on any atom is -0.273 e. The molecule has 0 radical (unpaired) electrons. The molecule has 0 aliphatic carbocycles. The lowest BCUT2D eigenvalue weighted by molar-refractivity contribution is 0.173. The van der Waals surface area contributed by atoms with Crippen LogP contribution >= 0.6 is 0 Å². The molecule has 0 aromatic carbocycles. The standard InChI is InChI=1S/C12H28N4Si/c1-9-17(10-2,15(13)11(3,4)5)16(14)12(6,7)8/h9-10H,1-2,13-14H2,3-8H3. The topological polar surface area (TPSA) is 58.5 Å². The van der Waals surface area contributed by atoms with Gasteiger partial charge >= 0.3 is 0 Å². The minimum atomic E-state index is -2.47. The van der Waals surface area contributed by atoms with Gasteiger partial charge in [0.15, 0.2) is 0 Å². The Morgan fingerprint density at radius 1 is 0.824 bits per heavy atom. The molecule has 0 aliphatic heterocycles. The zero-order valence-corrected chi connectivity index (χ0v) is 13.1. The van der Waals surface area contributed by atoms with Gasteiger partial charge in [0.1, 0.15) is 0 Å². The van der Waals surface area contributed by atoms with Gasteiger partial charge in [-0.1, -0.05) is 11.4 Å². The van der Waals surface area contributed by atoms with Crippen LogP contribution in [0.15, 0.2) is 24.6 Å². The van der Waals surface area contributed by atoms with Crippen LogP contribution in [0, 0.1) is 0 Å². The highest BCUT2D eigenvalue weighted by atomic mass is 28.3. The van der Waals surface area contributed by atoms with E-state index in [0.717, 1.165) is 0 Å². The molecule has 0 aliphatic rings. The van der Waals surface area contributed by atoms with Crippen LogP contribution in [0.3, 0.4) is 0 Å². The van der Waals surface area contributed by atoms with Crippen molar-refractivity contribution < 1.29 is 0 Å². The maximum absolute atomic E-state index is 6.28. The van der Waals surface area contributed by atoms with E-state index in [0.29, 0.717) is 0 Å². The van der Waals surface area contributed by atoms with Gasteiger partial charge in [-0.2, -0.15) is 0 Å². The van der Waals surface area contributed by atoms with Crippen LogP contribution in [0.25, 0.3) is 0 Å². The molecule has 0 atom stereocenters. The quantitative estimate of drug-likeness (QED) is 0.458. The van der Waals surface area contributed by atoms with Crippen molar-refractivity contribution in [3.05, 3.63) is 24.6 Å². The molecule has 17 heavy (non-hydrogen) atoms. The molecule has 0 heterocycles. The van der Waals surface area contributed by atoms with Crippen LogP contribution in [0.4, 0.5) is 0 Å². The molecule has 0 fully saturated rings. The summed E-state index contributed by atoms with van der Waals surface area (Å²) in [4.78, 5) is 0. The Kier molecular flexibility index (Phi) is 4.90. The molecular weight excluding hydrogens is 228 g/mol. The van der Waals surface area contributed by atoms with E-state index < -0.39 is 8.40 Å². The molecule has 4 nitrogen and oxygen atoms in total. The summed E-state index contributed by atoms with van der Waals surface area (Å²) in [5.74, 6) is 12.6. The summed E-state index contributed by atoms with van der Waals surface area (Å²) in [5.41, 5.74) is 3.32. The first-order chi connectivity index (χ1) is 7.43. The van der Waals surface area contributed by atoms with Crippen LogP contribution in [0.1, 0.15) is 41.5 Å². The third-order valence-electron chi connectivity index (χ3n) is 2.82. The summed E-state index contributed by atoms with van der Waals surface area (Å²) in [6, 6.07) is 0. The van der Waals surface area contributed by atoms with Crippen molar-refractivity contribution in [3.63, 3.8) is 0 Å². The molecule has 0 aromatic heterocycles. The van der Waals surface area contributed by atoms with Crippen LogP contribution in [0.2, 0.25) is 0 Å². The van der Waals surface area contributed by atoms with Crippen LogP contribution in [0.5, 0.6) is 0 Å². The van der Waals surface area contributed by atoms with Crippen molar-refractivity contribution in [1.29, 1.82) is 0 Å². The highest BCUT2D eigenvalue weighted by Crippen LogP contribution is 2.26. The fraction of sp³-hybridized carbons (Fsp3) is 0.667. The second kappa shape index (κ2) is 5.03. The monoisotopic (exact) mass is 256 g/mol. The van der Waals surface area contributed by atoms with Crippen LogP contribution < -0.4 is 11.7 Å². The van der Waals surface area contributed by atoms with E-state index in [9.17, 15) is 0 Å². The summed E-state index contributed by atoms with van der Waals surface area (Å²) >= 11 is 0. The van der Waals surface area contributed by atoms with Gasteiger partial charge in [0.2, 0.25) is 0 Å². The highest BCUT2D eigenvalue weighted by molar-refractivity contribution is 6.83. The summed E-state index contributed by atoms with van der Waals surface area (Å²) in [6.45, 7) is 20.2. The van der Waals surface area contributed by atoms with Crippen molar-refractivity contribution in [2.24, 2.45) is 11.7 Å². The fourth-order valence-corrected chi connectivity index (χ4v) is 5.00. The minimum absolute atomic E-state index is 0.197. The zero-order chi connectivity index (χ0) is 14.1. The summed E-state index contributed by atoms with van der Waals surface area (Å²) < 4.78 is 3.62. The second-order valence-electron chi connectivity index (χ2n) is 6.27. The lowest BCUT2D eigenvalue weighted by Crippen LogP contribution is -2.76. The molecule has 0 aromatic rings. The Balaban J connectivity index is 5.62. The summed E-state index contributed by atoms with van der Waals surface area (Å²) in [7, 11) is -2.47. The smallest absolute Gasteiger partial charge is 0.273 e. The predicted octanol–water partition coefficient (Wildman–Crippen LogP) is 1.83. The van der Waals surface area contributed by atoms with Gasteiger partial charge in [-0.15, -0.1) is 13.2 Å². The van der Waals surface area contributed by atoms with E-state index in [1.54, 1.807) is 0 Å². The molecule has 0 saturated heterocycles. The van der Waals surface area contributed by atoms with Gasteiger partial charge in [0.25, 0.3) is 8.40 Å². The van der Waals surface area contributed by atoms with Crippen molar-refractivity contribution in [3.8, 4) is 0 Å². The molecule has 5 heteroatoms. The Morgan fingerprint density at radius 2 is 1.06 bits per heavy atom. The SMILES string of the molecule is C=C[Si](C=C)(N(N)C(C)(C)C)N(N)C(C)(C)C. The van der Waals surface area contributed by atoms with E-state index in [1.165, 1.54) is 0 Å². The summed E-state index contributed by atoms with van der Waals surface area (Å²) in [6.07, 6.45) is 0. The van der Waals surface area contributed by atoms with Crippen LogP contribution in [-0.2, 0) is 0 Å². The third-order valence-corrected chi connectivity index (χ3v) is 6.91. The Hall–Kier alpha value is -0.463. The number of nitrogens with zero attached hydrogens (tertiary/aromatic N) is 2. The Bertz CT molecular complexity index is 258. The normalized spacial score (nSPS) is 14.2. The van der Waals surface area contributed by atoms with Gasteiger partial charge < -0.3 is 0 Å². The van der Waals surface area contributed by atoms with Gasteiger partial charge in [0, 0.05) is 11.1 Å². The summed E-state index contributed by atoms with van der Waals surface area (Å²) in [5, 5.41) is 0. The average molecular weight is 256 g/mol. The van der Waals surface area contributed by atoms with E-state index in [1.807, 2.05) is 20.7 Å². The highest BCUT2D eigenvalue weighted by Gasteiger charge is 2.47. The second-order valence-corrected chi connectivity index (χ2v) is 9.62. The van der Waals surface area contributed by atoms with E-state index in [-0.39, 0.29) is 11.1 Å². The zero-order valence-electron chi connectivity index (χ0n) is 12.1. The molecule has 0 unspecified atom stereocenters. The molecule has 0 amide bonds. The van der Waals surface area contributed by atoms with E-state index >= 15 is 0 Å². The van der Waals surface area contributed by atoms with Crippen molar-refractivity contribution in [2.75, 3.05) is 0 Å². The third kappa shape index (κ3) is 3.26. The number of nitrogens with two attached hydrogens (primary N) is 2. The molecule has 0 bridgehead atoms. The number of hydrogen-bond acceptors (Lipinski definition) is 4. The van der Waals surface area contributed by atoms with E-state index in [4.69, 9.17) is 11.7 Å². The number of hydrazine groups is 2.